The van der Waals surface area contributed by atoms with Crippen molar-refractivity contribution in [3.63, 3.8) is 0 Å². The van der Waals surface area contributed by atoms with Crippen LogP contribution in [0.5, 0.6) is 0 Å². The van der Waals surface area contributed by atoms with Crippen molar-refractivity contribution in [3.8, 4) is 0 Å². The number of nitrogens with zero attached hydrogens (tertiary/aromatic N) is 2. The number of carboxylic acids is 1. The van der Waals surface area contributed by atoms with Crippen molar-refractivity contribution in [2.24, 2.45) is 0 Å². The predicted octanol–water partition coefficient (Wildman–Crippen LogP) is 1.89. The van der Waals surface area contributed by atoms with Gasteiger partial charge in [0, 0.05) is 38.0 Å². The molecule has 2 fully saturated rings. The lowest BCUT2D eigenvalue weighted by Gasteiger charge is -2.34. The number of carboxylic acid groups (broad SMARTS) is 1. The van der Waals surface area contributed by atoms with Crippen LogP contribution in [-0.2, 0) is 17.7 Å². The molecular formula is C17H23N3O3. The molecule has 124 valence electrons. The van der Waals surface area contributed by atoms with Crippen molar-refractivity contribution in [3.05, 3.63) is 22.9 Å². The molecule has 1 saturated carbocycles. The summed E-state index contributed by atoms with van der Waals surface area (Å²) >= 11 is 0. The summed E-state index contributed by atoms with van der Waals surface area (Å²) in [6.07, 6.45) is 7.12. The SMILES string of the molecule is O=C(O)c1c(NC2CCC2)ncc2c1CCN([C@@H]1CCOC1)C2. The number of aromatic carboxylic acids is 1. The zero-order chi connectivity index (χ0) is 15.8. The summed E-state index contributed by atoms with van der Waals surface area (Å²) in [5.41, 5.74) is 2.40. The summed E-state index contributed by atoms with van der Waals surface area (Å²) in [7, 11) is 0. The summed E-state index contributed by atoms with van der Waals surface area (Å²) in [6, 6.07) is 0.846. The van der Waals surface area contributed by atoms with E-state index in [1.54, 1.807) is 0 Å². The zero-order valence-corrected chi connectivity index (χ0v) is 13.3. The van der Waals surface area contributed by atoms with Gasteiger partial charge in [-0.1, -0.05) is 0 Å². The average Bonchev–Trinajstić information content (AvgIpc) is 3.04. The largest absolute Gasteiger partial charge is 0.478 e. The second kappa shape index (κ2) is 6.09. The maximum absolute atomic E-state index is 11.8. The molecule has 6 heteroatoms. The molecule has 1 saturated heterocycles. The van der Waals surface area contributed by atoms with Crippen LogP contribution in [0.3, 0.4) is 0 Å². The summed E-state index contributed by atoms with van der Waals surface area (Å²) < 4.78 is 5.48. The minimum absolute atomic E-state index is 0.384. The van der Waals surface area contributed by atoms with Crippen LogP contribution in [0.4, 0.5) is 5.82 Å². The van der Waals surface area contributed by atoms with E-state index >= 15 is 0 Å². The Bertz CT molecular complexity index is 609. The van der Waals surface area contributed by atoms with E-state index in [2.05, 4.69) is 15.2 Å². The molecule has 0 bridgehead atoms. The van der Waals surface area contributed by atoms with Gasteiger partial charge < -0.3 is 15.2 Å². The summed E-state index contributed by atoms with van der Waals surface area (Å²) in [4.78, 5) is 18.7. The Hall–Kier alpha value is -1.66. The molecule has 1 atom stereocenters. The van der Waals surface area contributed by atoms with Crippen LogP contribution in [0.2, 0.25) is 0 Å². The Morgan fingerprint density at radius 1 is 1.39 bits per heavy atom. The van der Waals surface area contributed by atoms with E-state index in [9.17, 15) is 9.90 Å². The normalized spacial score (nSPS) is 25.0. The highest BCUT2D eigenvalue weighted by Crippen LogP contribution is 2.31. The van der Waals surface area contributed by atoms with E-state index in [-0.39, 0.29) is 0 Å². The third-order valence-electron chi connectivity index (χ3n) is 5.38. The molecule has 4 rings (SSSR count). The standard InChI is InChI=1S/C17H23N3O3/c21-17(22)15-14-4-6-20(13-5-7-23-10-13)9-11(14)8-18-16(15)19-12-2-1-3-12/h8,12-13H,1-7,9-10H2,(H,18,19)(H,21,22)/t13-/m1/s1. The molecule has 0 spiro atoms. The first kappa shape index (κ1) is 14.9. The van der Waals surface area contributed by atoms with Gasteiger partial charge in [-0.15, -0.1) is 0 Å². The van der Waals surface area contributed by atoms with Gasteiger partial charge in [-0.25, -0.2) is 9.78 Å². The van der Waals surface area contributed by atoms with Gasteiger partial charge in [0.15, 0.2) is 0 Å². The van der Waals surface area contributed by atoms with Crippen molar-refractivity contribution >= 4 is 11.8 Å². The van der Waals surface area contributed by atoms with E-state index in [0.717, 1.165) is 63.1 Å². The topological polar surface area (TPSA) is 74.7 Å². The first-order chi connectivity index (χ1) is 11.2. The smallest absolute Gasteiger partial charge is 0.339 e. The minimum Gasteiger partial charge on any atom is -0.478 e. The van der Waals surface area contributed by atoms with E-state index < -0.39 is 5.97 Å². The minimum atomic E-state index is -0.867. The van der Waals surface area contributed by atoms with E-state index in [1.165, 1.54) is 6.42 Å². The molecule has 0 radical (unpaired) electrons. The van der Waals surface area contributed by atoms with Crippen LogP contribution < -0.4 is 5.32 Å². The Kier molecular flexibility index (Phi) is 3.95. The molecule has 3 aliphatic rings. The number of nitrogens with one attached hydrogen (secondary N) is 1. The van der Waals surface area contributed by atoms with Gasteiger partial charge in [-0.05, 0) is 43.2 Å². The quantitative estimate of drug-likeness (QED) is 0.883. The lowest BCUT2D eigenvalue weighted by Crippen LogP contribution is -2.40. The first-order valence-corrected chi connectivity index (χ1v) is 8.54. The van der Waals surface area contributed by atoms with Gasteiger partial charge in [0.25, 0.3) is 0 Å². The molecule has 0 aromatic carbocycles. The summed E-state index contributed by atoms with van der Waals surface area (Å²) in [5.74, 6) is -0.313. The Morgan fingerprint density at radius 3 is 2.91 bits per heavy atom. The van der Waals surface area contributed by atoms with Gasteiger partial charge in [-0.2, -0.15) is 0 Å². The monoisotopic (exact) mass is 317 g/mol. The van der Waals surface area contributed by atoms with Crippen molar-refractivity contribution in [1.29, 1.82) is 0 Å². The van der Waals surface area contributed by atoms with Crippen LogP contribution in [-0.4, -0.2) is 52.8 Å². The van der Waals surface area contributed by atoms with E-state index in [0.29, 0.717) is 23.5 Å². The Morgan fingerprint density at radius 2 is 2.26 bits per heavy atom. The van der Waals surface area contributed by atoms with Crippen molar-refractivity contribution in [2.45, 2.75) is 50.7 Å². The number of pyridine rings is 1. The molecule has 0 unspecified atom stereocenters. The summed E-state index contributed by atoms with van der Waals surface area (Å²) in [6.45, 7) is 3.29. The molecule has 1 aromatic rings. The van der Waals surface area contributed by atoms with Crippen LogP contribution in [0, 0.1) is 0 Å². The van der Waals surface area contributed by atoms with Crippen molar-refractivity contribution in [2.75, 3.05) is 25.1 Å². The fraction of sp³-hybridized carbons (Fsp3) is 0.647. The van der Waals surface area contributed by atoms with Gasteiger partial charge in [0.1, 0.15) is 11.4 Å². The van der Waals surface area contributed by atoms with Gasteiger partial charge in [-0.3, -0.25) is 4.90 Å². The van der Waals surface area contributed by atoms with E-state index in [1.807, 2.05) is 6.20 Å². The molecule has 0 amide bonds. The summed E-state index contributed by atoms with van der Waals surface area (Å²) in [5, 5.41) is 13.0. The van der Waals surface area contributed by atoms with Gasteiger partial charge in [0.2, 0.25) is 0 Å². The number of hydrogen-bond acceptors (Lipinski definition) is 5. The number of carbonyl (C=O) groups is 1. The lowest BCUT2D eigenvalue weighted by molar-refractivity contribution is 0.0694. The first-order valence-electron chi connectivity index (χ1n) is 8.54. The number of rotatable bonds is 4. The molecule has 2 N–H and O–H groups in total. The Labute approximate surface area is 135 Å². The molecule has 6 nitrogen and oxygen atoms in total. The molecule has 2 aliphatic heterocycles. The van der Waals surface area contributed by atoms with Crippen LogP contribution in [0.15, 0.2) is 6.20 Å². The second-order valence-electron chi connectivity index (χ2n) is 6.80. The number of hydrogen-bond donors (Lipinski definition) is 2. The lowest BCUT2D eigenvalue weighted by atomic mass is 9.91. The van der Waals surface area contributed by atoms with Gasteiger partial charge >= 0.3 is 5.97 Å². The number of aromatic nitrogens is 1. The number of anilines is 1. The molecular weight excluding hydrogens is 294 g/mol. The third kappa shape index (κ3) is 2.81. The number of fused-ring (bicyclic) bond motifs is 1. The maximum atomic E-state index is 11.8. The van der Waals surface area contributed by atoms with Gasteiger partial charge in [0.05, 0.1) is 6.61 Å². The molecule has 1 aromatic heterocycles. The third-order valence-corrected chi connectivity index (χ3v) is 5.38. The Balaban J connectivity index is 1.60. The highest BCUT2D eigenvalue weighted by Gasteiger charge is 2.31. The highest BCUT2D eigenvalue weighted by atomic mass is 16.5. The maximum Gasteiger partial charge on any atom is 0.339 e. The fourth-order valence-electron chi connectivity index (χ4n) is 3.77. The second-order valence-corrected chi connectivity index (χ2v) is 6.80. The van der Waals surface area contributed by atoms with Crippen LogP contribution in [0.25, 0.3) is 0 Å². The average molecular weight is 317 g/mol. The van der Waals surface area contributed by atoms with Crippen LogP contribution in [0.1, 0.15) is 47.2 Å². The highest BCUT2D eigenvalue weighted by molar-refractivity contribution is 5.95. The number of ether oxygens (including phenoxy) is 1. The molecule has 1 aliphatic carbocycles. The predicted molar refractivity (Wildman–Crippen MR) is 85.8 cm³/mol. The van der Waals surface area contributed by atoms with Crippen molar-refractivity contribution in [1.82, 2.24) is 9.88 Å². The van der Waals surface area contributed by atoms with E-state index in [4.69, 9.17) is 4.74 Å². The van der Waals surface area contributed by atoms with Crippen LogP contribution >= 0.6 is 0 Å². The van der Waals surface area contributed by atoms with Crippen molar-refractivity contribution < 1.29 is 14.6 Å². The molecule has 3 heterocycles. The fourth-order valence-corrected chi connectivity index (χ4v) is 3.77. The molecule has 23 heavy (non-hydrogen) atoms. The zero-order valence-electron chi connectivity index (χ0n) is 13.3.